The average molecular weight is 468 g/mol. The van der Waals surface area contributed by atoms with Gasteiger partial charge in [-0.1, -0.05) is 27.7 Å². The van der Waals surface area contributed by atoms with Crippen molar-refractivity contribution >= 4 is 67.2 Å². The second kappa shape index (κ2) is 8.52. The highest BCUT2D eigenvalue weighted by molar-refractivity contribution is 9.10. The third-order valence-electron chi connectivity index (χ3n) is 3.71. The first-order valence-electron chi connectivity index (χ1n) is 8.03. The summed E-state index contributed by atoms with van der Waals surface area (Å²) in [6.07, 6.45) is -0.339. The maximum atomic E-state index is 11.9. The molecule has 1 aromatic carbocycles. The lowest BCUT2D eigenvalue weighted by atomic mass is 10.2. The summed E-state index contributed by atoms with van der Waals surface area (Å²) < 4.78 is 0.798. The molecule has 4 N–H and O–H groups in total. The molecule has 0 saturated heterocycles. The second-order valence-electron chi connectivity index (χ2n) is 5.75. The van der Waals surface area contributed by atoms with E-state index in [1.54, 1.807) is 18.2 Å². The van der Waals surface area contributed by atoms with Gasteiger partial charge in [-0.3, -0.25) is 14.4 Å². The quantitative estimate of drug-likeness (QED) is 0.478. The zero-order valence-electron chi connectivity index (χ0n) is 14.2. The Bertz CT molecular complexity index is 1020. The summed E-state index contributed by atoms with van der Waals surface area (Å²) in [7, 11) is 0. The van der Waals surface area contributed by atoms with Crippen LogP contribution in [0.25, 0.3) is 10.9 Å². The fourth-order valence-corrected chi connectivity index (χ4v) is 3.66. The van der Waals surface area contributed by atoms with Gasteiger partial charge in [0.25, 0.3) is 5.91 Å². The van der Waals surface area contributed by atoms with Crippen LogP contribution >= 0.6 is 27.7 Å². The number of carboxylic acids is 1. The Morgan fingerprint density at radius 1 is 1.36 bits per heavy atom. The maximum absolute atomic E-state index is 11.9. The Labute approximate surface area is 170 Å². The third-order valence-corrected chi connectivity index (χ3v) is 5.24. The number of aromatic hydroxyl groups is 1. The van der Waals surface area contributed by atoms with Crippen LogP contribution in [-0.2, 0) is 14.4 Å². The topological polar surface area (TPSA) is 157 Å². The molecule has 12 heteroatoms. The number of halogens is 1. The molecule has 0 aliphatic carbocycles. The summed E-state index contributed by atoms with van der Waals surface area (Å²) in [4.78, 5) is 40.7. The molecule has 28 heavy (non-hydrogen) atoms. The van der Waals surface area contributed by atoms with Crippen molar-refractivity contribution in [1.29, 1.82) is 0 Å². The first-order valence-corrected chi connectivity index (χ1v) is 9.70. The van der Waals surface area contributed by atoms with Gasteiger partial charge in [-0.25, -0.2) is 0 Å². The number of carboxylic acid groups (broad SMARTS) is 1. The highest BCUT2D eigenvalue weighted by atomic mass is 79.9. The SMILES string of the molecule is O=C(O)CCNC(=O)C[C@@H]1SC(N=Nc2c(O)[nH]c3ccc(Br)cc23)=NC1=O. The van der Waals surface area contributed by atoms with E-state index < -0.39 is 23.0 Å². The number of aromatic amines is 1. The van der Waals surface area contributed by atoms with Crippen LogP contribution in [0.3, 0.4) is 0 Å². The van der Waals surface area contributed by atoms with E-state index >= 15 is 0 Å². The van der Waals surface area contributed by atoms with Gasteiger partial charge >= 0.3 is 5.97 Å². The minimum atomic E-state index is -1.02. The molecule has 0 unspecified atom stereocenters. The van der Waals surface area contributed by atoms with Crippen molar-refractivity contribution in [2.75, 3.05) is 6.54 Å². The number of fused-ring (bicyclic) bond motifs is 1. The van der Waals surface area contributed by atoms with E-state index in [-0.39, 0.29) is 36.1 Å². The summed E-state index contributed by atoms with van der Waals surface area (Å²) in [5, 5.41) is 28.9. The van der Waals surface area contributed by atoms with Crippen molar-refractivity contribution in [2.45, 2.75) is 18.1 Å². The van der Waals surface area contributed by atoms with Gasteiger partial charge in [0.1, 0.15) is 5.25 Å². The van der Waals surface area contributed by atoms with E-state index in [2.05, 4.69) is 41.5 Å². The number of aliphatic imine (C=N–C) groups is 1. The number of carbonyl (C=O) groups is 3. The van der Waals surface area contributed by atoms with Crippen LogP contribution in [0.1, 0.15) is 12.8 Å². The lowest BCUT2D eigenvalue weighted by molar-refractivity contribution is -0.137. The number of thioether (sulfide) groups is 1. The number of azo groups is 1. The number of H-pyrrole nitrogens is 1. The number of nitrogens with zero attached hydrogens (tertiary/aromatic N) is 3. The van der Waals surface area contributed by atoms with E-state index in [1.807, 2.05) is 0 Å². The summed E-state index contributed by atoms with van der Waals surface area (Å²) in [6, 6.07) is 5.34. The Kier molecular flexibility index (Phi) is 6.09. The van der Waals surface area contributed by atoms with Crippen LogP contribution in [0.4, 0.5) is 5.69 Å². The van der Waals surface area contributed by atoms with Crippen LogP contribution in [0.2, 0.25) is 0 Å². The van der Waals surface area contributed by atoms with E-state index in [0.29, 0.717) is 10.9 Å². The number of nitrogens with one attached hydrogen (secondary N) is 2. The van der Waals surface area contributed by atoms with E-state index in [9.17, 15) is 19.5 Å². The number of hydrogen-bond donors (Lipinski definition) is 4. The number of aromatic nitrogens is 1. The summed E-state index contributed by atoms with van der Waals surface area (Å²) in [5.41, 5.74) is 0.879. The second-order valence-corrected chi connectivity index (χ2v) is 7.83. The van der Waals surface area contributed by atoms with E-state index in [1.165, 1.54) is 0 Å². The number of carbonyl (C=O) groups excluding carboxylic acids is 2. The molecule has 3 rings (SSSR count). The molecule has 2 heterocycles. The number of aliphatic carboxylic acids is 1. The van der Waals surface area contributed by atoms with Crippen molar-refractivity contribution in [1.82, 2.24) is 10.3 Å². The average Bonchev–Trinajstić information content (AvgIpc) is 3.11. The number of hydrogen-bond acceptors (Lipinski definition) is 7. The third kappa shape index (κ3) is 4.75. The molecule has 0 fully saturated rings. The molecule has 10 nitrogen and oxygen atoms in total. The lowest BCUT2D eigenvalue weighted by Crippen LogP contribution is -2.29. The smallest absolute Gasteiger partial charge is 0.305 e. The Morgan fingerprint density at radius 2 is 2.14 bits per heavy atom. The van der Waals surface area contributed by atoms with Crippen LogP contribution in [0.15, 0.2) is 37.9 Å². The molecule has 0 saturated carbocycles. The van der Waals surface area contributed by atoms with Crippen molar-refractivity contribution < 1.29 is 24.6 Å². The molecule has 2 amide bonds. The highest BCUT2D eigenvalue weighted by Gasteiger charge is 2.30. The summed E-state index contributed by atoms with van der Waals surface area (Å²) in [6.45, 7) is -0.0113. The summed E-state index contributed by atoms with van der Waals surface area (Å²) in [5.74, 6) is -2.15. The molecule has 0 bridgehead atoms. The van der Waals surface area contributed by atoms with Gasteiger partial charge in [0.15, 0.2) is 5.69 Å². The van der Waals surface area contributed by atoms with Gasteiger partial charge in [-0.05, 0) is 18.2 Å². The van der Waals surface area contributed by atoms with Crippen molar-refractivity contribution in [3.05, 3.63) is 22.7 Å². The molecule has 1 aliphatic heterocycles. The largest absolute Gasteiger partial charge is 0.493 e. The monoisotopic (exact) mass is 467 g/mol. The normalized spacial score (nSPS) is 16.7. The van der Waals surface area contributed by atoms with Crippen LogP contribution < -0.4 is 5.32 Å². The first kappa shape index (κ1) is 20.0. The Morgan fingerprint density at radius 3 is 2.89 bits per heavy atom. The number of amides is 2. The van der Waals surface area contributed by atoms with Gasteiger partial charge < -0.3 is 20.5 Å². The van der Waals surface area contributed by atoms with E-state index in [0.717, 1.165) is 16.2 Å². The molecule has 1 aromatic heterocycles. The molecule has 0 spiro atoms. The molecule has 1 aliphatic rings. The number of rotatable bonds is 6. The highest BCUT2D eigenvalue weighted by Crippen LogP contribution is 2.37. The van der Waals surface area contributed by atoms with Crippen molar-refractivity contribution in [3.63, 3.8) is 0 Å². The lowest BCUT2D eigenvalue weighted by Gasteiger charge is -2.06. The fraction of sp³-hybridized carbons (Fsp3) is 0.250. The fourth-order valence-electron chi connectivity index (χ4n) is 2.42. The first-order chi connectivity index (χ1) is 13.3. The molecular formula is C16H14BrN5O5S. The van der Waals surface area contributed by atoms with Gasteiger partial charge in [0.2, 0.25) is 17.0 Å². The van der Waals surface area contributed by atoms with Gasteiger partial charge in [-0.15, -0.1) is 10.2 Å². The molecule has 0 radical (unpaired) electrons. The minimum absolute atomic E-state index is 0.0113. The van der Waals surface area contributed by atoms with Gasteiger partial charge in [-0.2, -0.15) is 4.99 Å². The van der Waals surface area contributed by atoms with Crippen LogP contribution in [-0.4, -0.2) is 49.9 Å². The predicted molar refractivity (Wildman–Crippen MR) is 106 cm³/mol. The van der Waals surface area contributed by atoms with Gasteiger partial charge in [0.05, 0.1) is 11.9 Å². The molecule has 146 valence electrons. The van der Waals surface area contributed by atoms with Crippen LogP contribution in [0, 0.1) is 0 Å². The van der Waals surface area contributed by atoms with Gasteiger partial charge in [0, 0.05) is 22.8 Å². The van der Waals surface area contributed by atoms with E-state index in [4.69, 9.17) is 5.11 Å². The molecular weight excluding hydrogens is 454 g/mol. The Hall–Kier alpha value is -2.73. The minimum Gasteiger partial charge on any atom is -0.493 e. The van der Waals surface area contributed by atoms with Crippen molar-refractivity contribution in [2.24, 2.45) is 15.2 Å². The zero-order chi connectivity index (χ0) is 20.3. The number of benzene rings is 1. The standard InChI is InChI=1S/C16H14BrN5O5S/c17-7-1-2-9-8(5-7)13(15(27)19-9)21-22-16-20-14(26)10(28-16)6-11(23)18-4-3-12(24)25/h1-2,5,10,19,27H,3-4,6H2,(H,18,23)(H,24,25)/t10-/m0/s1. The number of amidine groups is 1. The van der Waals surface area contributed by atoms with Crippen LogP contribution in [0.5, 0.6) is 5.88 Å². The zero-order valence-corrected chi connectivity index (χ0v) is 16.6. The summed E-state index contributed by atoms with van der Waals surface area (Å²) >= 11 is 4.33. The molecule has 1 atom stereocenters. The van der Waals surface area contributed by atoms with Crippen molar-refractivity contribution in [3.8, 4) is 5.88 Å². The maximum Gasteiger partial charge on any atom is 0.305 e. The Balaban J connectivity index is 1.63. The predicted octanol–water partition coefficient (Wildman–Crippen LogP) is 2.70. The molecule has 2 aromatic rings.